The SMILES string of the molecule is O=C(NCCCOc1ccc(F)cc1)c1ccccc1-c1cn[nH]c1. The van der Waals surface area contributed by atoms with Gasteiger partial charge in [-0.1, -0.05) is 18.2 Å². The van der Waals surface area contributed by atoms with E-state index >= 15 is 0 Å². The zero-order valence-corrected chi connectivity index (χ0v) is 13.5. The van der Waals surface area contributed by atoms with Gasteiger partial charge in [0.15, 0.2) is 0 Å². The van der Waals surface area contributed by atoms with Crippen molar-refractivity contribution in [2.75, 3.05) is 13.2 Å². The van der Waals surface area contributed by atoms with E-state index in [0.717, 1.165) is 11.1 Å². The zero-order chi connectivity index (χ0) is 17.5. The number of rotatable bonds is 7. The highest BCUT2D eigenvalue weighted by molar-refractivity contribution is 6.00. The maximum absolute atomic E-state index is 12.8. The standard InChI is InChI=1S/C19H18FN3O2/c20-15-6-8-16(9-7-15)25-11-3-10-21-19(24)18-5-2-1-4-17(18)14-12-22-23-13-14/h1-2,4-9,12-13H,3,10-11H2,(H,21,24)(H,22,23). The van der Waals surface area contributed by atoms with Crippen molar-refractivity contribution in [3.05, 3.63) is 72.3 Å². The summed E-state index contributed by atoms with van der Waals surface area (Å²) >= 11 is 0. The van der Waals surface area contributed by atoms with Crippen molar-refractivity contribution in [3.8, 4) is 16.9 Å². The van der Waals surface area contributed by atoms with Crippen LogP contribution in [0.2, 0.25) is 0 Å². The lowest BCUT2D eigenvalue weighted by Gasteiger charge is -2.10. The highest BCUT2D eigenvalue weighted by Gasteiger charge is 2.12. The Hall–Kier alpha value is -3.15. The highest BCUT2D eigenvalue weighted by Crippen LogP contribution is 2.22. The Morgan fingerprint density at radius 2 is 1.96 bits per heavy atom. The molecule has 0 aliphatic rings. The van der Waals surface area contributed by atoms with Gasteiger partial charge >= 0.3 is 0 Å². The molecule has 0 aliphatic carbocycles. The Labute approximate surface area is 144 Å². The summed E-state index contributed by atoms with van der Waals surface area (Å²) in [6.07, 6.45) is 4.09. The molecular weight excluding hydrogens is 321 g/mol. The van der Waals surface area contributed by atoms with Crippen LogP contribution in [0.3, 0.4) is 0 Å². The number of benzene rings is 2. The summed E-state index contributed by atoms with van der Waals surface area (Å²) in [7, 11) is 0. The molecule has 0 spiro atoms. The van der Waals surface area contributed by atoms with Gasteiger partial charge in [0, 0.05) is 23.9 Å². The molecule has 1 aromatic heterocycles. The number of amides is 1. The largest absolute Gasteiger partial charge is 0.494 e. The van der Waals surface area contributed by atoms with Gasteiger partial charge in [0.2, 0.25) is 0 Å². The number of nitrogens with zero attached hydrogens (tertiary/aromatic N) is 1. The second kappa shape index (κ2) is 8.10. The van der Waals surface area contributed by atoms with Crippen molar-refractivity contribution in [1.82, 2.24) is 15.5 Å². The number of carbonyl (C=O) groups excluding carboxylic acids is 1. The molecule has 0 fully saturated rings. The van der Waals surface area contributed by atoms with Crippen molar-refractivity contribution in [3.63, 3.8) is 0 Å². The molecule has 25 heavy (non-hydrogen) atoms. The number of hydrogen-bond acceptors (Lipinski definition) is 3. The number of halogens is 1. The van der Waals surface area contributed by atoms with Crippen LogP contribution in [0.5, 0.6) is 5.75 Å². The molecule has 1 amide bonds. The molecule has 6 heteroatoms. The van der Waals surface area contributed by atoms with Crippen molar-refractivity contribution >= 4 is 5.91 Å². The molecule has 0 atom stereocenters. The minimum absolute atomic E-state index is 0.140. The van der Waals surface area contributed by atoms with Gasteiger partial charge in [0.25, 0.3) is 5.91 Å². The third-order valence-electron chi connectivity index (χ3n) is 3.67. The first-order chi connectivity index (χ1) is 12.2. The van der Waals surface area contributed by atoms with E-state index in [0.29, 0.717) is 30.9 Å². The van der Waals surface area contributed by atoms with Crippen LogP contribution < -0.4 is 10.1 Å². The number of H-pyrrole nitrogens is 1. The Balaban J connectivity index is 1.49. The summed E-state index contributed by atoms with van der Waals surface area (Å²) in [6.45, 7) is 0.926. The van der Waals surface area contributed by atoms with Crippen LogP contribution in [0.15, 0.2) is 60.9 Å². The zero-order valence-electron chi connectivity index (χ0n) is 13.5. The van der Waals surface area contributed by atoms with Gasteiger partial charge in [-0.25, -0.2) is 4.39 Å². The van der Waals surface area contributed by atoms with Crippen LogP contribution in [0.1, 0.15) is 16.8 Å². The van der Waals surface area contributed by atoms with E-state index in [-0.39, 0.29) is 11.7 Å². The lowest BCUT2D eigenvalue weighted by Crippen LogP contribution is -2.26. The minimum atomic E-state index is -0.295. The van der Waals surface area contributed by atoms with E-state index in [2.05, 4.69) is 15.5 Å². The molecular formula is C19H18FN3O2. The summed E-state index contributed by atoms with van der Waals surface area (Å²) in [6, 6.07) is 13.2. The van der Waals surface area contributed by atoms with Crippen LogP contribution in [-0.2, 0) is 0 Å². The average molecular weight is 339 g/mol. The number of ether oxygens (including phenoxy) is 1. The number of aromatic amines is 1. The summed E-state index contributed by atoms with van der Waals surface area (Å²) in [5.41, 5.74) is 2.30. The second-order valence-corrected chi connectivity index (χ2v) is 5.44. The van der Waals surface area contributed by atoms with Crippen LogP contribution in [0.25, 0.3) is 11.1 Å². The topological polar surface area (TPSA) is 67.0 Å². The first kappa shape index (κ1) is 16.7. The van der Waals surface area contributed by atoms with Crippen LogP contribution in [0, 0.1) is 5.82 Å². The third-order valence-corrected chi connectivity index (χ3v) is 3.67. The molecule has 0 saturated carbocycles. The van der Waals surface area contributed by atoms with E-state index < -0.39 is 0 Å². The minimum Gasteiger partial charge on any atom is -0.494 e. The molecule has 2 N–H and O–H groups in total. The smallest absolute Gasteiger partial charge is 0.251 e. The molecule has 128 valence electrons. The van der Waals surface area contributed by atoms with Gasteiger partial charge in [-0.2, -0.15) is 5.10 Å². The maximum Gasteiger partial charge on any atom is 0.251 e. The van der Waals surface area contributed by atoms with Crippen molar-refractivity contribution in [2.24, 2.45) is 0 Å². The molecule has 3 rings (SSSR count). The average Bonchev–Trinajstić information content (AvgIpc) is 3.17. The molecule has 0 radical (unpaired) electrons. The van der Waals surface area contributed by atoms with E-state index in [1.165, 1.54) is 12.1 Å². The molecule has 0 saturated heterocycles. The molecule has 0 unspecified atom stereocenters. The first-order valence-corrected chi connectivity index (χ1v) is 7.99. The van der Waals surface area contributed by atoms with E-state index in [9.17, 15) is 9.18 Å². The van der Waals surface area contributed by atoms with Crippen LogP contribution in [-0.4, -0.2) is 29.3 Å². The Kier molecular flexibility index (Phi) is 5.41. The van der Waals surface area contributed by atoms with E-state index in [1.807, 2.05) is 18.2 Å². The molecule has 1 heterocycles. The number of nitrogens with one attached hydrogen (secondary N) is 2. The van der Waals surface area contributed by atoms with E-state index in [1.54, 1.807) is 30.6 Å². The maximum atomic E-state index is 12.8. The molecule has 0 aliphatic heterocycles. The third kappa shape index (κ3) is 4.44. The number of carbonyl (C=O) groups is 1. The fourth-order valence-electron chi connectivity index (χ4n) is 2.42. The van der Waals surface area contributed by atoms with Crippen molar-refractivity contribution in [1.29, 1.82) is 0 Å². The van der Waals surface area contributed by atoms with Gasteiger partial charge in [-0.05, 0) is 42.3 Å². The second-order valence-electron chi connectivity index (χ2n) is 5.44. The summed E-state index contributed by atoms with van der Waals surface area (Å²) in [4.78, 5) is 12.4. The molecule has 0 bridgehead atoms. The van der Waals surface area contributed by atoms with E-state index in [4.69, 9.17) is 4.74 Å². The van der Waals surface area contributed by atoms with Gasteiger partial charge < -0.3 is 10.1 Å². The Bertz CT molecular complexity index is 817. The van der Waals surface area contributed by atoms with Gasteiger partial charge in [-0.15, -0.1) is 0 Å². The fourth-order valence-corrected chi connectivity index (χ4v) is 2.42. The molecule has 3 aromatic rings. The van der Waals surface area contributed by atoms with Crippen molar-refractivity contribution < 1.29 is 13.9 Å². The number of aromatic nitrogens is 2. The van der Waals surface area contributed by atoms with Crippen molar-refractivity contribution in [2.45, 2.75) is 6.42 Å². The fraction of sp³-hybridized carbons (Fsp3) is 0.158. The summed E-state index contributed by atoms with van der Waals surface area (Å²) in [5, 5.41) is 9.56. The summed E-state index contributed by atoms with van der Waals surface area (Å²) < 4.78 is 18.3. The van der Waals surface area contributed by atoms with Gasteiger partial charge in [0.05, 0.1) is 12.8 Å². The Morgan fingerprint density at radius 1 is 1.16 bits per heavy atom. The Morgan fingerprint density at radius 3 is 2.72 bits per heavy atom. The lowest BCUT2D eigenvalue weighted by molar-refractivity contribution is 0.0952. The molecule has 2 aromatic carbocycles. The quantitative estimate of drug-likeness (QED) is 0.648. The van der Waals surface area contributed by atoms with Crippen LogP contribution in [0.4, 0.5) is 4.39 Å². The highest BCUT2D eigenvalue weighted by atomic mass is 19.1. The lowest BCUT2D eigenvalue weighted by atomic mass is 10.0. The monoisotopic (exact) mass is 339 g/mol. The number of hydrogen-bond donors (Lipinski definition) is 2. The summed E-state index contributed by atoms with van der Waals surface area (Å²) in [5.74, 6) is 0.174. The predicted molar refractivity (Wildman–Crippen MR) is 92.9 cm³/mol. The predicted octanol–water partition coefficient (Wildman–Crippen LogP) is 3.41. The van der Waals surface area contributed by atoms with Gasteiger partial charge in [0.1, 0.15) is 11.6 Å². The van der Waals surface area contributed by atoms with Crippen LogP contribution >= 0.6 is 0 Å². The van der Waals surface area contributed by atoms with Gasteiger partial charge in [-0.3, -0.25) is 9.89 Å². The molecule has 5 nitrogen and oxygen atoms in total. The normalized spacial score (nSPS) is 10.4. The first-order valence-electron chi connectivity index (χ1n) is 7.99.